The van der Waals surface area contributed by atoms with E-state index in [9.17, 15) is 22.8 Å². The molecule has 15 heteroatoms. The monoisotopic (exact) mass is 553 g/mol. The van der Waals surface area contributed by atoms with Gasteiger partial charge in [0, 0.05) is 43.2 Å². The van der Waals surface area contributed by atoms with Crippen molar-refractivity contribution in [2.45, 2.75) is 12.6 Å². The van der Waals surface area contributed by atoms with E-state index < -0.39 is 17.2 Å². The van der Waals surface area contributed by atoms with Crippen molar-refractivity contribution < 1.29 is 22.8 Å². The second-order valence-corrected chi connectivity index (χ2v) is 9.24. The first kappa shape index (κ1) is 25.7. The average Bonchev–Trinajstić information content (AvgIpc) is 3.49. The number of hydrogen-bond donors (Lipinski definition) is 4. The molecule has 198 valence electrons. The molecule has 4 aromatic rings. The van der Waals surface area contributed by atoms with Crippen LogP contribution in [0.3, 0.4) is 0 Å². The zero-order valence-electron chi connectivity index (χ0n) is 20.1. The first-order valence-corrected chi connectivity index (χ1v) is 12.1. The fourth-order valence-corrected chi connectivity index (χ4v) is 4.51. The van der Waals surface area contributed by atoms with E-state index in [0.29, 0.717) is 46.7 Å². The Kier molecular flexibility index (Phi) is 6.62. The highest BCUT2D eigenvalue weighted by Crippen LogP contribution is 2.33. The number of fused-ring (bicyclic) bond motifs is 1. The third kappa shape index (κ3) is 5.50. The lowest BCUT2D eigenvalue weighted by atomic mass is 10.1. The Hall–Kier alpha value is -4.97. The van der Waals surface area contributed by atoms with Crippen molar-refractivity contribution >= 4 is 40.0 Å². The van der Waals surface area contributed by atoms with Crippen molar-refractivity contribution in [3.8, 4) is 23.2 Å². The largest absolute Gasteiger partial charge is 0.445 e. The van der Waals surface area contributed by atoms with Gasteiger partial charge in [-0.1, -0.05) is 29.2 Å². The number of hydrogen-bond acceptors (Lipinski definition) is 8. The smallest absolute Gasteiger partial charge is 0.368 e. The summed E-state index contributed by atoms with van der Waals surface area (Å²) >= 11 is 0.212. The quantitative estimate of drug-likeness (QED) is 0.284. The van der Waals surface area contributed by atoms with Gasteiger partial charge in [-0.15, -0.1) is 10.2 Å². The number of urea groups is 1. The molecule has 1 aliphatic rings. The van der Waals surface area contributed by atoms with Gasteiger partial charge in [0.1, 0.15) is 5.69 Å². The zero-order valence-corrected chi connectivity index (χ0v) is 20.9. The lowest BCUT2D eigenvalue weighted by Gasteiger charge is -2.14. The highest BCUT2D eigenvalue weighted by atomic mass is 32.1. The minimum absolute atomic E-state index is 0.0502. The number of rotatable bonds is 3. The molecule has 11 nitrogen and oxygen atoms in total. The molecule has 3 amide bonds. The number of amides is 3. The Labute approximate surface area is 222 Å². The van der Waals surface area contributed by atoms with Crippen LogP contribution in [0.25, 0.3) is 11.4 Å². The molecular weight excluding hydrogens is 535 g/mol. The maximum Gasteiger partial charge on any atom is 0.445 e. The molecule has 0 saturated carbocycles. The fraction of sp³-hybridized carbons (Fsp3) is 0.167. The van der Waals surface area contributed by atoms with E-state index in [0.717, 1.165) is 5.69 Å². The van der Waals surface area contributed by atoms with E-state index in [-0.39, 0.29) is 28.3 Å². The summed E-state index contributed by atoms with van der Waals surface area (Å²) in [6, 6.07) is 7.47. The molecule has 4 heterocycles. The van der Waals surface area contributed by atoms with Gasteiger partial charge < -0.3 is 20.9 Å². The molecule has 5 rings (SSSR count). The van der Waals surface area contributed by atoms with Crippen LogP contribution in [-0.4, -0.2) is 43.2 Å². The number of carbonyl (C=O) groups is 2. The van der Waals surface area contributed by atoms with Gasteiger partial charge in [-0.2, -0.15) is 13.2 Å². The van der Waals surface area contributed by atoms with Crippen LogP contribution in [0.4, 0.5) is 34.7 Å². The Balaban J connectivity index is 1.37. The Bertz CT molecular complexity index is 1670. The molecule has 39 heavy (non-hydrogen) atoms. The molecule has 0 bridgehead atoms. The second kappa shape index (κ2) is 10.1. The van der Waals surface area contributed by atoms with Crippen molar-refractivity contribution in [3.63, 3.8) is 0 Å². The molecule has 0 atom stereocenters. The predicted molar refractivity (Wildman–Crippen MR) is 137 cm³/mol. The van der Waals surface area contributed by atoms with Crippen molar-refractivity contribution in [1.29, 1.82) is 0 Å². The first-order chi connectivity index (χ1) is 18.6. The van der Waals surface area contributed by atoms with Crippen LogP contribution in [0, 0.1) is 11.8 Å². The molecule has 5 N–H and O–H groups in total. The zero-order chi connectivity index (χ0) is 27.7. The molecule has 3 aromatic heterocycles. The van der Waals surface area contributed by atoms with Gasteiger partial charge in [0.25, 0.3) is 5.91 Å². The fourth-order valence-electron chi connectivity index (χ4n) is 3.90. The first-order valence-electron chi connectivity index (χ1n) is 11.3. The molecular formula is C24H18F3N9O2S. The predicted octanol–water partition coefficient (Wildman–Crippen LogP) is 3.26. The topological polar surface area (TPSA) is 153 Å². The number of alkyl halides is 3. The standard InChI is InChI=1S/C24H18F3N9O2S/c1-36-16-7-8-29-19(37)15(16)10-17(36)18-13(11-30-21(28)32-18)6-5-12-3-2-4-14(9-12)31-22(38)33-23-35-34-20(39-23)24(25,26)27/h2-4,9-11H,7-8H2,1H3,(H,29,37)(H2,28,30,32)(H2,31,33,35,38). The number of nitrogens with one attached hydrogen (secondary N) is 3. The SMILES string of the molecule is Cn1c(-c2nc(N)ncc2C#Cc2cccc(NC(=O)Nc3nnc(C(F)(F)F)s3)c2)cc2c1CCNC2=O. The van der Waals surface area contributed by atoms with Gasteiger partial charge in [0.15, 0.2) is 0 Å². The summed E-state index contributed by atoms with van der Waals surface area (Å²) in [5.74, 6) is 5.89. The van der Waals surface area contributed by atoms with Gasteiger partial charge in [-0.25, -0.2) is 14.8 Å². The van der Waals surface area contributed by atoms with Crippen LogP contribution in [0.2, 0.25) is 0 Å². The van der Waals surface area contributed by atoms with Gasteiger partial charge in [0.2, 0.25) is 16.1 Å². The van der Waals surface area contributed by atoms with E-state index in [2.05, 4.69) is 48.0 Å². The van der Waals surface area contributed by atoms with E-state index in [1.807, 2.05) is 11.6 Å². The third-order valence-electron chi connectivity index (χ3n) is 5.65. The minimum atomic E-state index is -4.65. The van der Waals surface area contributed by atoms with Crippen LogP contribution in [0.5, 0.6) is 0 Å². The van der Waals surface area contributed by atoms with Crippen molar-refractivity contribution in [1.82, 2.24) is 30.0 Å². The molecule has 0 radical (unpaired) electrons. The summed E-state index contributed by atoms with van der Waals surface area (Å²) in [5.41, 5.74) is 9.75. The van der Waals surface area contributed by atoms with Crippen LogP contribution in [0.1, 0.15) is 32.2 Å². The van der Waals surface area contributed by atoms with E-state index in [4.69, 9.17) is 5.73 Å². The average molecular weight is 554 g/mol. The van der Waals surface area contributed by atoms with E-state index >= 15 is 0 Å². The lowest BCUT2D eigenvalue weighted by molar-refractivity contribution is -0.138. The van der Waals surface area contributed by atoms with Crippen LogP contribution in [-0.2, 0) is 19.6 Å². The normalized spacial score (nSPS) is 12.7. The van der Waals surface area contributed by atoms with Gasteiger partial charge in [0.05, 0.1) is 16.8 Å². The van der Waals surface area contributed by atoms with Crippen LogP contribution >= 0.6 is 11.3 Å². The lowest BCUT2D eigenvalue weighted by Crippen LogP contribution is -2.31. The second-order valence-electron chi connectivity index (χ2n) is 8.27. The van der Waals surface area contributed by atoms with Crippen LogP contribution < -0.4 is 21.7 Å². The maximum atomic E-state index is 12.7. The Morgan fingerprint density at radius 3 is 2.77 bits per heavy atom. The molecule has 0 saturated heterocycles. The molecule has 0 spiro atoms. The molecule has 0 aliphatic carbocycles. The number of nitrogens with two attached hydrogens (primary N) is 1. The van der Waals surface area contributed by atoms with Crippen LogP contribution in [0.15, 0.2) is 36.5 Å². The molecule has 1 aliphatic heterocycles. The minimum Gasteiger partial charge on any atom is -0.368 e. The summed E-state index contributed by atoms with van der Waals surface area (Å²) in [6.45, 7) is 0.541. The van der Waals surface area contributed by atoms with Gasteiger partial charge in [-0.3, -0.25) is 10.1 Å². The Morgan fingerprint density at radius 2 is 2.03 bits per heavy atom. The number of carbonyl (C=O) groups excluding carboxylic acids is 2. The molecule has 1 aromatic carbocycles. The summed E-state index contributed by atoms with van der Waals surface area (Å²) < 4.78 is 40.0. The maximum absolute atomic E-state index is 12.7. The summed E-state index contributed by atoms with van der Waals surface area (Å²) in [5, 5.41) is 12.4. The Morgan fingerprint density at radius 1 is 1.21 bits per heavy atom. The highest BCUT2D eigenvalue weighted by molar-refractivity contribution is 7.15. The number of nitrogen functional groups attached to an aromatic ring is 1. The summed E-state index contributed by atoms with van der Waals surface area (Å²) in [4.78, 5) is 33.0. The van der Waals surface area contributed by atoms with Crippen molar-refractivity contribution in [2.24, 2.45) is 7.05 Å². The highest BCUT2D eigenvalue weighted by Gasteiger charge is 2.35. The van der Waals surface area contributed by atoms with E-state index in [1.54, 1.807) is 30.3 Å². The van der Waals surface area contributed by atoms with Crippen molar-refractivity contribution in [2.75, 3.05) is 22.9 Å². The third-order valence-corrected chi connectivity index (χ3v) is 6.53. The number of anilines is 3. The molecule has 0 fully saturated rings. The summed E-state index contributed by atoms with van der Waals surface area (Å²) in [7, 11) is 1.84. The number of aromatic nitrogens is 5. The molecule has 0 unspecified atom stereocenters. The van der Waals surface area contributed by atoms with Gasteiger partial charge >= 0.3 is 12.2 Å². The van der Waals surface area contributed by atoms with Gasteiger partial charge in [-0.05, 0) is 24.3 Å². The number of nitrogens with zero attached hydrogens (tertiary/aromatic N) is 5. The van der Waals surface area contributed by atoms with Crippen molar-refractivity contribution in [3.05, 3.63) is 63.9 Å². The number of halogens is 3. The summed E-state index contributed by atoms with van der Waals surface area (Å²) in [6.07, 6.45) is -2.48. The number of benzene rings is 1. The van der Waals surface area contributed by atoms with E-state index in [1.165, 1.54) is 6.20 Å².